The van der Waals surface area contributed by atoms with Crippen molar-refractivity contribution in [2.45, 2.75) is 31.5 Å². The molecule has 7 heteroatoms. The van der Waals surface area contributed by atoms with Crippen LogP contribution in [0.15, 0.2) is 42.5 Å². The molecule has 0 radical (unpaired) electrons. The highest BCUT2D eigenvalue weighted by molar-refractivity contribution is 6.06. The van der Waals surface area contributed by atoms with Crippen LogP contribution in [0.5, 0.6) is 0 Å². The molecule has 0 bridgehead atoms. The lowest BCUT2D eigenvalue weighted by atomic mass is 9.85. The second-order valence-corrected chi connectivity index (χ2v) is 8.18. The van der Waals surface area contributed by atoms with Crippen molar-refractivity contribution in [3.63, 3.8) is 0 Å². The standard InChI is InChI=1S/C23H19F2N3O2/c24-16-7-3-13(4-8-16)12-28-22(29)19-18-2-1-9-27(18)21(20(19)23(28)30)14-5-6-15(11-26)17(25)10-14/h3-8,10,18-21H,1-2,9,12H2/t18-,19-,20-,21-/m0/s1. The number of carbonyl (C=O) groups excluding carboxylic acids is 2. The fourth-order valence-electron chi connectivity index (χ4n) is 5.40. The Balaban J connectivity index is 1.50. The number of likely N-dealkylation sites (tertiary alicyclic amines) is 1. The lowest BCUT2D eigenvalue weighted by Crippen LogP contribution is -2.38. The van der Waals surface area contributed by atoms with Crippen LogP contribution < -0.4 is 0 Å². The molecule has 4 atom stereocenters. The van der Waals surface area contributed by atoms with Crippen molar-refractivity contribution in [2.24, 2.45) is 11.8 Å². The minimum atomic E-state index is -0.617. The summed E-state index contributed by atoms with van der Waals surface area (Å²) in [5.41, 5.74) is 1.26. The molecule has 0 N–H and O–H groups in total. The van der Waals surface area contributed by atoms with Crippen molar-refractivity contribution in [1.82, 2.24) is 9.80 Å². The predicted octanol–water partition coefficient (Wildman–Crippen LogP) is 3.16. The van der Waals surface area contributed by atoms with Crippen molar-refractivity contribution in [1.29, 1.82) is 5.26 Å². The number of rotatable bonds is 3. The number of carbonyl (C=O) groups is 2. The summed E-state index contributed by atoms with van der Waals surface area (Å²) in [5.74, 6) is -2.49. The van der Waals surface area contributed by atoms with E-state index in [0.29, 0.717) is 11.1 Å². The van der Waals surface area contributed by atoms with Gasteiger partial charge in [0, 0.05) is 12.1 Å². The highest BCUT2D eigenvalue weighted by Gasteiger charge is 2.62. The first-order valence-corrected chi connectivity index (χ1v) is 10.0. The van der Waals surface area contributed by atoms with Crippen LogP contribution in [-0.2, 0) is 16.1 Å². The molecule has 3 heterocycles. The summed E-state index contributed by atoms with van der Waals surface area (Å²) < 4.78 is 27.5. The normalized spacial score (nSPS) is 28.0. The van der Waals surface area contributed by atoms with Crippen LogP contribution in [0, 0.1) is 34.8 Å². The molecule has 3 aliphatic heterocycles. The summed E-state index contributed by atoms with van der Waals surface area (Å²) in [4.78, 5) is 30.0. The van der Waals surface area contributed by atoms with E-state index in [1.54, 1.807) is 18.2 Å². The van der Waals surface area contributed by atoms with Gasteiger partial charge in [0.25, 0.3) is 0 Å². The Morgan fingerprint density at radius 3 is 2.47 bits per heavy atom. The topological polar surface area (TPSA) is 64.4 Å². The van der Waals surface area contributed by atoms with Crippen LogP contribution in [0.2, 0.25) is 0 Å². The minimum Gasteiger partial charge on any atom is -0.292 e. The number of benzene rings is 2. The molecule has 0 unspecified atom stereocenters. The molecule has 3 aliphatic rings. The van der Waals surface area contributed by atoms with Gasteiger partial charge in [0.05, 0.1) is 23.9 Å². The first-order valence-electron chi connectivity index (χ1n) is 10.0. The zero-order valence-corrected chi connectivity index (χ0v) is 16.1. The summed E-state index contributed by atoms with van der Waals surface area (Å²) >= 11 is 0. The Hall–Kier alpha value is -3.11. The molecular formula is C23H19F2N3O2. The summed E-state index contributed by atoms with van der Waals surface area (Å²) in [6.07, 6.45) is 1.74. The van der Waals surface area contributed by atoms with E-state index in [2.05, 4.69) is 4.90 Å². The van der Waals surface area contributed by atoms with E-state index in [0.717, 1.165) is 19.4 Å². The molecule has 0 saturated carbocycles. The second kappa shape index (κ2) is 6.99. The molecule has 2 amide bonds. The van der Waals surface area contributed by atoms with Gasteiger partial charge in [-0.1, -0.05) is 18.2 Å². The van der Waals surface area contributed by atoms with Crippen molar-refractivity contribution < 1.29 is 18.4 Å². The smallest absolute Gasteiger partial charge is 0.235 e. The largest absolute Gasteiger partial charge is 0.292 e. The lowest BCUT2D eigenvalue weighted by molar-refractivity contribution is -0.142. The molecule has 30 heavy (non-hydrogen) atoms. The third kappa shape index (κ3) is 2.75. The van der Waals surface area contributed by atoms with Gasteiger partial charge in [-0.3, -0.25) is 19.4 Å². The van der Waals surface area contributed by atoms with Gasteiger partial charge in [-0.15, -0.1) is 0 Å². The molecule has 0 spiro atoms. The Morgan fingerprint density at radius 2 is 1.77 bits per heavy atom. The van der Waals surface area contributed by atoms with Crippen molar-refractivity contribution in [2.75, 3.05) is 6.54 Å². The highest BCUT2D eigenvalue weighted by Crippen LogP contribution is 2.53. The zero-order valence-electron chi connectivity index (χ0n) is 16.1. The number of halogens is 2. The van der Waals surface area contributed by atoms with Crippen molar-refractivity contribution >= 4 is 11.8 Å². The molecular weight excluding hydrogens is 388 g/mol. The van der Waals surface area contributed by atoms with Gasteiger partial charge in [0.15, 0.2) is 0 Å². The number of hydrogen-bond acceptors (Lipinski definition) is 4. The Bertz CT molecular complexity index is 1080. The quantitative estimate of drug-likeness (QED) is 0.734. The number of nitriles is 1. The second-order valence-electron chi connectivity index (χ2n) is 8.18. The molecule has 0 aromatic heterocycles. The van der Waals surface area contributed by atoms with Crippen LogP contribution >= 0.6 is 0 Å². The summed E-state index contributed by atoms with van der Waals surface area (Å²) in [7, 11) is 0. The Labute approximate surface area is 172 Å². The van der Waals surface area contributed by atoms with Crippen LogP contribution in [0.4, 0.5) is 8.78 Å². The molecule has 3 fully saturated rings. The summed E-state index contributed by atoms with van der Waals surface area (Å²) in [5, 5.41) is 9.01. The van der Waals surface area contributed by atoms with E-state index in [4.69, 9.17) is 5.26 Å². The van der Waals surface area contributed by atoms with Gasteiger partial charge < -0.3 is 0 Å². The van der Waals surface area contributed by atoms with E-state index < -0.39 is 17.7 Å². The SMILES string of the molecule is N#Cc1ccc([C@H]2[C@H]3C(=O)N(Cc4ccc(F)cc4)C(=O)[C@H]3[C@@H]3CCCN32)cc1F. The fourth-order valence-corrected chi connectivity index (χ4v) is 5.40. The maximum Gasteiger partial charge on any atom is 0.235 e. The van der Waals surface area contributed by atoms with E-state index >= 15 is 0 Å². The number of nitrogens with zero attached hydrogens (tertiary/aromatic N) is 3. The molecule has 5 rings (SSSR count). The summed E-state index contributed by atoms with van der Waals surface area (Å²) in [6.45, 7) is 0.856. The molecule has 2 aromatic rings. The molecule has 0 aliphatic carbocycles. The van der Waals surface area contributed by atoms with Crippen LogP contribution in [-0.4, -0.2) is 34.2 Å². The number of hydrogen-bond donors (Lipinski definition) is 0. The number of imide groups is 1. The van der Waals surface area contributed by atoms with Gasteiger partial charge in [-0.2, -0.15) is 5.26 Å². The minimum absolute atomic E-state index is 0.0435. The average Bonchev–Trinajstić information content (AvgIpc) is 3.38. The van der Waals surface area contributed by atoms with Gasteiger partial charge in [0.2, 0.25) is 11.8 Å². The highest BCUT2D eigenvalue weighted by atomic mass is 19.1. The van der Waals surface area contributed by atoms with Crippen molar-refractivity contribution in [3.05, 3.63) is 70.8 Å². The number of fused-ring (bicyclic) bond motifs is 3. The van der Waals surface area contributed by atoms with Crippen LogP contribution in [0.1, 0.15) is 35.6 Å². The van der Waals surface area contributed by atoms with Gasteiger partial charge in [-0.05, 0) is 54.8 Å². The lowest BCUT2D eigenvalue weighted by Gasteiger charge is -2.29. The van der Waals surface area contributed by atoms with Gasteiger partial charge in [0.1, 0.15) is 17.7 Å². The molecule has 5 nitrogen and oxygen atoms in total. The Morgan fingerprint density at radius 1 is 1.03 bits per heavy atom. The average molecular weight is 407 g/mol. The number of amides is 2. The zero-order chi connectivity index (χ0) is 21.0. The summed E-state index contributed by atoms with van der Waals surface area (Å²) in [6, 6.07) is 11.6. The fraction of sp³-hybridized carbons (Fsp3) is 0.348. The third-order valence-corrected chi connectivity index (χ3v) is 6.65. The van der Waals surface area contributed by atoms with E-state index in [1.165, 1.54) is 29.2 Å². The maximum absolute atomic E-state index is 14.3. The van der Waals surface area contributed by atoms with Crippen LogP contribution in [0.3, 0.4) is 0 Å². The monoisotopic (exact) mass is 407 g/mol. The first kappa shape index (κ1) is 18.9. The van der Waals surface area contributed by atoms with Gasteiger partial charge >= 0.3 is 0 Å². The molecule has 3 saturated heterocycles. The molecule has 2 aromatic carbocycles. The van der Waals surface area contributed by atoms with E-state index in [1.807, 2.05) is 6.07 Å². The molecule has 152 valence electrons. The maximum atomic E-state index is 14.3. The third-order valence-electron chi connectivity index (χ3n) is 6.65. The van der Waals surface area contributed by atoms with E-state index in [-0.39, 0.29) is 41.8 Å². The van der Waals surface area contributed by atoms with Crippen LogP contribution in [0.25, 0.3) is 0 Å². The van der Waals surface area contributed by atoms with E-state index in [9.17, 15) is 18.4 Å². The predicted molar refractivity (Wildman–Crippen MR) is 103 cm³/mol. The van der Waals surface area contributed by atoms with Crippen molar-refractivity contribution in [3.8, 4) is 6.07 Å². The Kier molecular flexibility index (Phi) is 4.40. The van der Waals surface area contributed by atoms with Gasteiger partial charge in [-0.25, -0.2) is 8.78 Å². The first-order chi connectivity index (χ1) is 14.5.